The highest BCUT2D eigenvalue weighted by Gasteiger charge is 2.24. The maximum Gasteiger partial charge on any atom is 0.274 e. The molecule has 1 amide bonds. The molecule has 0 bridgehead atoms. The molecule has 1 heterocycles. The predicted octanol–water partition coefficient (Wildman–Crippen LogP) is 0.186. The first-order valence-corrected chi connectivity index (χ1v) is 10.2. The van der Waals surface area contributed by atoms with E-state index in [9.17, 15) is 13.2 Å². The van der Waals surface area contributed by atoms with E-state index in [2.05, 4.69) is 21.9 Å². The quantitative estimate of drug-likeness (QED) is 0.638. The van der Waals surface area contributed by atoms with E-state index in [1.165, 1.54) is 12.8 Å². The predicted molar refractivity (Wildman–Crippen MR) is 89.8 cm³/mol. The summed E-state index contributed by atoms with van der Waals surface area (Å²) < 4.78 is 24.3. The highest BCUT2D eigenvalue weighted by atomic mass is 32.2. The van der Waals surface area contributed by atoms with Crippen LogP contribution in [-0.2, 0) is 15.0 Å². The first-order chi connectivity index (χ1) is 10.8. The normalized spacial score (nSPS) is 30.1. The van der Waals surface area contributed by atoms with Crippen molar-refractivity contribution in [3.05, 3.63) is 0 Å². The van der Waals surface area contributed by atoms with Gasteiger partial charge in [0.2, 0.25) is 5.91 Å². The first kappa shape index (κ1) is 18.6. The van der Waals surface area contributed by atoms with Crippen molar-refractivity contribution in [2.45, 2.75) is 51.5 Å². The van der Waals surface area contributed by atoms with Crippen molar-refractivity contribution >= 4 is 16.1 Å². The Balaban J connectivity index is 1.70. The number of nitrogens with two attached hydrogens (primary N) is 1. The second-order valence-corrected chi connectivity index (χ2v) is 8.54. The minimum atomic E-state index is -3.64. The third-order valence-corrected chi connectivity index (χ3v) is 5.49. The van der Waals surface area contributed by atoms with Crippen LogP contribution in [0.4, 0.5) is 0 Å². The summed E-state index contributed by atoms with van der Waals surface area (Å²) in [4.78, 5) is 14.3. The third-order valence-electron chi connectivity index (χ3n) is 4.92. The number of hydrogen-bond donors (Lipinski definition) is 3. The topological polar surface area (TPSA) is 105 Å². The van der Waals surface area contributed by atoms with Gasteiger partial charge in [0.15, 0.2) is 0 Å². The van der Waals surface area contributed by atoms with Crippen LogP contribution in [0.1, 0.15) is 45.4 Å². The van der Waals surface area contributed by atoms with Crippen LogP contribution in [0.2, 0.25) is 0 Å². The van der Waals surface area contributed by atoms with Crippen molar-refractivity contribution in [1.82, 2.24) is 14.9 Å². The van der Waals surface area contributed by atoms with Gasteiger partial charge >= 0.3 is 0 Å². The molecule has 0 aromatic rings. The van der Waals surface area contributed by atoms with Crippen LogP contribution in [0.25, 0.3) is 0 Å². The van der Waals surface area contributed by atoms with Crippen LogP contribution >= 0.6 is 0 Å². The molecule has 4 N–H and O–H groups in total. The monoisotopic (exact) mass is 346 g/mol. The number of amides is 1. The lowest BCUT2D eigenvalue weighted by molar-refractivity contribution is -0.123. The van der Waals surface area contributed by atoms with E-state index in [4.69, 9.17) is 5.14 Å². The van der Waals surface area contributed by atoms with Gasteiger partial charge in [-0.2, -0.15) is 8.42 Å². The molecule has 1 atom stereocenters. The second-order valence-electron chi connectivity index (χ2n) is 7.16. The molecular weight excluding hydrogens is 316 g/mol. The van der Waals surface area contributed by atoms with Crippen molar-refractivity contribution in [1.29, 1.82) is 0 Å². The Morgan fingerprint density at radius 1 is 1.22 bits per heavy atom. The fraction of sp³-hybridized carbons (Fsp3) is 0.933. The van der Waals surface area contributed by atoms with Crippen LogP contribution < -0.4 is 15.2 Å². The number of nitrogens with zero attached hydrogens (tertiary/aromatic N) is 1. The molecule has 1 aliphatic carbocycles. The minimum Gasteiger partial charge on any atom is -0.352 e. The van der Waals surface area contributed by atoms with Crippen molar-refractivity contribution < 1.29 is 13.2 Å². The summed E-state index contributed by atoms with van der Waals surface area (Å²) in [6, 6.07) is 0.323. The van der Waals surface area contributed by atoms with Gasteiger partial charge in [-0.15, -0.1) is 0 Å². The molecule has 0 radical (unpaired) electrons. The lowest BCUT2D eigenvalue weighted by Crippen LogP contribution is -2.47. The average Bonchev–Trinajstić information content (AvgIpc) is 2.47. The zero-order valence-electron chi connectivity index (χ0n) is 14.0. The van der Waals surface area contributed by atoms with Gasteiger partial charge in [0.1, 0.15) is 0 Å². The summed E-state index contributed by atoms with van der Waals surface area (Å²) in [6.07, 6.45) is 6.47. The van der Waals surface area contributed by atoms with E-state index in [0.29, 0.717) is 19.1 Å². The van der Waals surface area contributed by atoms with Crippen LogP contribution in [0.3, 0.4) is 0 Å². The molecule has 0 aromatic carbocycles. The van der Waals surface area contributed by atoms with Gasteiger partial charge in [0.05, 0.1) is 6.54 Å². The van der Waals surface area contributed by atoms with Gasteiger partial charge in [-0.25, -0.2) is 9.86 Å². The smallest absolute Gasteiger partial charge is 0.274 e. The van der Waals surface area contributed by atoms with Gasteiger partial charge in [0.25, 0.3) is 10.2 Å². The number of likely N-dealkylation sites (tertiary alicyclic amines) is 1. The highest BCUT2D eigenvalue weighted by Crippen LogP contribution is 2.23. The maximum absolute atomic E-state index is 12.2. The number of carbonyl (C=O) groups is 1. The van der Waals surface area contributed by atoms with E-state index >= 15 is 0 Å². The van der Waals surface area contributed by atoms with Gasteiger partial charge in [-0.3, -0.25) is 9.69 Å². The Hall–Kier alpha value is -0.700. The van der Waals surface area contributed by atoms with Crippen molar-refractivity contribution in [3.8, 4) is 0 Å². The Morgan fingerprint density at radius 3 is 2.57 bits per heavy atom. The molecule has 134 valence electrons. The van der Waals surface area contributed by atoms with Crippen molar-refractivity contribution in [2.75, 3.05) is 26.2 Å². The van der Waals surface area contributed by atoms with E-state index in [1.54, 1.807) is 0 Å². The van der Waals surface area contributed by atoms with Gasteiger partial charge < -0.3 is 5.32 Å². The minimum absolute atomic E-state index is 0.0876. The molecule has 23 heavy (non-hydrogen) atoms. The van der Waals surface area contributed by atoms with E-state index in [1.807, 2.05) is 0 Å². The fourth-order valence-electron chi connectivity index (χ4n) is 3.58. The summed E-state index contributed by atoms with van der Waals surface area (Å²) >= 11 is 0. The summed E-state index contributed by atoms with van der Waals surface area (Å²) in [7, 11) is -3.64. The summed E-state index contributed by atoms with van der Waals surface area (Å²) in [5, 5.41) is 8.11. The van der Waals surface area contributed by atoms with Gasteiger partial charge in [-0.05, 0) is 56.9 Å². The molecule has 7 nitrogen and oxygen atoms in total. The highest BCUT2D eigenvalue weighted by molar-refractivity contribution is 7.87. The van der Waals surface area contributed by atoms with E-state index in [0.717, 1.165) is 44.7 Å². The molecule has 8 heteroatoms. The van der Waals surface area contributed by atoms with E-state index < -0.39 is 10.2 Å². The molecule has 1 saturated carbocycles. The molecular formula is C15H30N4O3S. The molecule has 0 aromatic heterocycles. The van der Waals surface area contributed by atoms with Crippen LogP contribution in [0.5, 0.6) is 0 Å². The van der Waals surface area contributed by atoms with Crippen LogP contribution in [-0.4, -0.2) is 51.4 Å². The number of hydrogen-bond acceptors (Lipinski definition) is 4. The number of piperidine rings is 1. The maximum atomic E-state index is 12.2. The fourth-order valence-corrected chi connectivity index (χ4v) is 4.04. The lowest BCUT2D eigenvalue weighted by atomic mass is 9.87. The van der Waals surface area contributed by atoms with Gasteiger partial charge in [-0.1, -0.05) is 6.92 Å². The second kappa shape index (κ2) is 8.41. The average molecular weight is 346 g/mol. The lowest BCUT2D eigenvalue weighted by Gasteiger charge is -2.33. The van der Waals surface area contributed by atoms with E-state index in [-0.39, 0.29) is 11.8 Å². The Morgan fingerprint density at radius 2 is 1.91 bits per heavy atom. The third kappa shape index (κ3) is 7.15. The largest absolute Gasteiger partial charge is 0.352 e. The Kier molecular flexibility index (Phi) is 6.82. The van der Waals surface area contributed by atoms with Gasteiger partial charge in [0, 0.05) is 19.1 Å². The van der Waals surface area contributed by atoms with Crippen molar-refractivity contribution in [3.63, 3.8) is 0 Å². The zero-order chi connectivity index (χ0) is 16.9. The molecule has 1 aliphatic heterocycles. The molecule has 0 spiro atoms. The zero-order valence-corrected chi connectivity index (χ0v) is 14.8. The first-order valence-electron chi connectivity index (χ1n) is 8.61. The summed E-state index contributed by atoms with van der Waals surface area (Å²) in [5.74, 6) is 1.08. The Bertz CT molecular complexity index is 489. The molecule has 0 unspecified atom stereocenters. The number of carbonyl (C=O) groups excluding carboxylic acids is 1. The van der Waals surface area contributed by atoms with Crippen LogP contribution in [0, 0.1) is 11.8 Å². The molecule has 2 fully saturated rings. The number of nitrogens with one attached hydrogen (secondary N) is 2. The van der Waals surface area contributed by atoms with Crippen LogP contribution in [0.15, 0.2) is 0 Å². The summed E-state index contributed by atoms with van der Waals surface area (Å²) in [5.41, 5.74) is 0. The summed E-state index contributed by atoms with van der Waals surface area (Å²) in [6.45, 7) is 4.63. The number of rotatable bonds is 6. The molecule has 2 aliphatic rings. The molecule has 2 rings (SSSR count). The molecule has 1 saturated heterocycles. The Labute approximate surface area is 139 Å². The SMILES string of the molecule is CC1CCC(NC(=O)CN2CCC[C@H](CNS(N)(=O)=O)C2)CC1. The van der Waals surface area contributed by atoms with Crippen molar-refractivity contribution in [2.24, 2.45) is 17.0 Å². The standard InChI is InChI=1S/C15H30N4O3S/c1-12-4-6-14(7-5-12)18-15(20)11-19-8-2-3-13(10-19)9-17-23(16,21)22/h12-14,17H,2-11H2,1H3,(H,18,20)(H2,16,21,22)/t12?,13-,14?/m1/s1.